The van der Waals surface area contributed by atoms with Gasteiger partial charge < -0.3 is 16.4 Å². The van der Waals surface area contributed by atoms with E-state index in [0.717, 1.165) is 5.56 Å². The van der Waals surface area contributed by atoms with Crippen LogP contribution in [0.25, 0.3) is 0 Å². The zero-order chi connectivity index (χ0) is 15.1. The first-order valence-electron chi connectivity index (χ1n) is 6.80. The van der Waals surface area contributed by atoms with Gasteiger partial charge in [-0.25, -0.2) is 0 Å². The van der Waals surface area contributed by atoms with Crippen molar-refractivity contribution in [2.45, 2.75) is 26.8 Å². The van der Waals surface area contributed by atoms with Gasteiger partial charge in [0.05, 0.1) is 6.04 Å². The van der Waals surface area contributed by atoms with Crippen LogP contribution in [0.1, 0.15) is 29.8 Å². The molecule has 0 saturated heterocycles. The van der Waals surface area contributed by atoms with E-state index in [0.29, 0.717) is 18.7 Å². The van der Waals surface area contributed by atoms with E-state index in [1.54, 1.807) is 12.1 Å². The number of carbonyl (C=O) groups excluding carboxylic acids is 2. The van der Waals surface area contributed by atoms with Gasteiger partial charge in [-0.1, -0.05) is 31.5 Å². The lowest BCUT2D eigenvalue weighted by Crippen LogP contribution is -2.46. The second-order valence-electron chi connectivity index (χ2n) is 5.18. The average molecular weight is 314 g/mol. The smallest absolute Gasteiger partial charge is 0.251 e. The van der Waals surface area contributed by atoms with Crippen LogP contribution >= 0.6 is 12.4 Å². The van der Waals surface area contributed by atoms with E-state index in [4.69, 9.17) is 5.73 Å². The van der Waals surface area contributed by atoms with Crippen molar-refractivity contribution >= 4 is 24.2 Å². The molecule has 0 unspecified atom stereocenters. The van der Waals surface area contributed by atoms with E-state index in [2.05, 4.69) is 10.6 Å². The molecule has 0 aliphatic rings. The predicted octanol–water partition coefficient (Wildman–Crippen LogP) is 1.25. The average Bonchev–Trinajstić information content (AvgIpc) is 2.42. The zero-order valence-electron chi connectivity index (χ0n) is 12.7. The molecule has 0 radical (unpaired) electrons. The molecule has 0 saturated carbocycles. The molecule has 0 aliphatic heterocycles. The van der Waals surface area contributed by atoms with Crippen LogP contribution in [-0.4, -0.2) is 30.9 Å². The minimum Gasteiger partial charge on any atom is -0.353 e. The molecule has 1 rings (SSSR count). The number of nitrogens with two attached hydrogens (primary N) is 1. The molecule has 0 aliphatic carbocycles. The maximum Gasteiger partial charge on any atom is 0.251 e. The lowest BCUT2D eigenvalue weighted by atomic mass is 10.1. The van der Waals surface area contributed by atoms with Crippen LogP contribution in [0.15, 0.2) is 24.3 Å². The summed E-state index contributed by atoms with van der Waals surface area (Å²) < 4.78 is 0. The molecule has 1 aromatic carbocycles. The molecule has 0 spiro atoms. The Morgan fingerprint density at radius 3 is 2.14 bits per heavy atom. The largest absolute Gasteiger partial charge is 0.353 e. The molecule has 0 aromatic heterocycles. The number of carbonyl (C=O) groups is 2. The number of rotatable bonds is 6. The number of halogens is 1. The fourth-order valence-electron chi connectivity index (χ4n) is 1.59. The third-order valence-corrected chi connectivity index (χ3v) is 3.04. The molecule has 21 heavy (non-hydrogen) atoms. The number of hydrogen-bond acceptors (Lipinski definition) is 3. The van der Waals surface area contributed by atoms with E-state index in [9.17, 15) is 9.59 Å². The first-order chi connectivity index (χ1) is 9.41. The second kappa shape index (κ2) is 9.37. The van der Waals surface area contributed by atoms with Crippen molar-refractivity contribution in [2.24, 2.45) is 11.7 Å². The molecule has 5 nitrogen and oxygen atoms in total. The molecule has 118 valence electrons. The normalized spacial score (nSPS) is 11.5. The highest BCUT2D eigenvalue weighted by Crippen LogP contribution is 2.02. The second-order valence-corrected chi connectivity index (χ2v) is 5.18. The van der Waals surface area contributed by atoms with Crippen LogP contribution in [0.3, 0.4) is 0 Å². The summed E-state index contributed by atoms with van der Waals surface area (Å²) in [7, 11) is 0. The van der Waals surface area contributed by atoms with Gasteiger partial charge in [-0.2, -0.15) is 0 Å². The summed E-state index contributed by atoms with van der Waals surface area (Å²) in [6.45, 7) is 6.50. The summed E-state index contributed by atoms with van der Waals surface area (Å²) in [6.07, 6.45) is 0. The van der Waals surface area contributed by atoms with Crippen LogP contribution in [0.4, 0.5) is 0 Å². The van der Waals surface area contributed by atoms with Gasteiger partial charge in [-0.15, -0.1) is 12.4 Å². The van der Waals surface area contributed by atoms with E-state index >= 15 is 0 Å². The first-order valence-corrected chi connectivity index (χ1v) is 6.80. The Balaban J connectivity index is 0.00000400. The maximum absolute atomic E-state index is 11.8. The predicted molar refractivity (Wildman–Crippen MR) is 86.6 cm³/mol. The van der Waals surface area contributed by atoms with Crippen molar-refractivity contribution in [3.8, 4) is 0 Å². The van der Waals surface area contributed by atoms with Gasteiger partial charge in [0.2, 0.25) is 5.91 Å². The summed E-state index contributed by atoms with van der Waals surface area (Å²) in [5.74, 6) is -0.242. The monoisotopic (exact) mass is 313 g/mol. The summed E-state index contributed by atoms with van der Waals surface area (Å²) >= 11 is 0. The van der Waals surface area contributed by atoms with Gasteiger partial charge >= 0.3 is 0 Å². The topological polar surface area (TPSA) is 84.2 Å². The molecule has 6 heteroatoms. The van der Waals surface area contributed by atoms with Crippen LogP contribution in [0, 0.1) is 12.8 Å². The Kier molecular flexibility index (Phi) is 8.66. The molecule has 4 N–H and O–H groups in total. The van der Waals surface area contributed by atoms with E-state index in [-0.39, 0.29) is 30.1 Å². The van der Waals surface area contributed by atoms with Gasteiger partial charge in [-0.3, -0.25) is 9.59 Å². The third-order valence-electron chi connectivity index (χ3n) is 3.04. The lowest BCUT2D eigenvalue weighted by molar-refractivity contribution is -0.123. The van der Waals surface area contributed by atoms with Crippen LogP contribution in [0.2, 0.25) is 0 Å². The molecule has 1 aromatic rings. The maximum atomic E-state index is 11.8. The summed E-state index contributed by atoms with van der Waals surface area (Å²) in [6, 6.07) is 6.81. The summed E-state index contributed by atoms with van der Waals surface area (Å²) in [5, 5.41) is 5.45. The first kappa shape index (κ1) is 19.4. The Bertz CT molecular complexity index is 460. The number of hydrogen-bond donors (Lipinski definition) is 3. The minimum absolute atomic E-state index is 0. The minimum atomic E-state index is -0.511. The Hall–Kier alpha value is -1.59. The van der Waals surface area contributed by atoms with E-state index in [1.807, 2.05) is 32.9 Å². The quantitative estimate of drug-likeness (QED) is 0.691. The Morgan fingerprint density at radius 2 is 1.62 bits per heavy atom. The number of benzene rings is 1. The van der Waals surface area contributed by atoms with Crippen LogP contribution in [0.5, 0.6) is 0 Å². The fourth-order valence-corrected chi connectivity index (χ4v) is 1.59. The Labute approximate surface area is 132 Å². The van der Waals surface area contributed by atoms with Gasteiger partial charge in [0, 0.05) is 18.7 Å². The SMILES string of the molecule is Cc1ccc(C(=O)NCCNC(=O)[C@H](N)C(C)C)cc1.Cl. The molecule has 0 bridgehead atoms. The molecule has 2 amide bonds. The molecular formula is C15H24ClN3O2. The fraction of sp³-hybridized carbons (Fsp3) is 0.467. The Morgan fingerprint density at radius 1 is 1.10 bits per heavy atom. The highest BCUT2D eigenvalue weighted by atomic mass is 35.5. The highest BCUT2D eigenvalue weighted by molar-refractivity contribution is 5.94. The number of amides is 2. The van der Waals surface area contributed by atoms with Gasteiger partial charge in [0.1, 0.15) is 0 Å². The van der Waals surface area contributed by atoms with Crippen LogP contribution in [-0.2, 0) is 4.79 Å². The molecule has 1 atom stereocenters. The van der Waals surface area contributed by atoms with E-state index < -0.39 is 6.04 Å². The third kappa shape index (κ3) is 6.60. The standard InChI is InChI=1S/C15H23N3O2.ClH/c1-10(2)13(16)15(20)18-9-8-17-14(19)12-6-4-11(3)5-7-12;/h4-7,10,13H,8-9,16H2,1-3H3,(H,17,19)(H,18,20);1H/t13-;/m1./s1. The molecule has 0 fully saturated rings. The van der Waals surface area contributed by atoms with Crippen molar-refractivity contribution in [3.05, 3.63) is 35.4 Å². The number of nitrogens with one attached hydrogen (secondary N) is 2. The summed E-state index contributed by atoms with van der Waals surface area (Å²) in [5.41, 5.74) is 7.43. The number of aryl methyl sites for hydroxylation is 1. The highest BCUT2D eigenvalue weighted by Gasteiger charge is 2.16. The van der Waals surface area contributed by atoms with Gasteiger partial charge in [0.15, 0.2) is 0 Å². The van der Waals surface area contributed by atoms with Crippen molar-refractivity contribution in [1.29, 1.82) is 0 Å². The van der Waals surface area contributed by atoms with Gasteiger partial charge in [-0.05, 0) is 25.0 Å². The van der Waals surface area contributed by atoms with Crippen molar-refractivity contribution in [1.82, 2.24) is 10.6 Å². The summed E-state index contributed by atoms with van der Waals surface area (Å²) in [4.78, 5) is 23.4. The lowest BCUT2D eigenvalue weighted by Gasteiger charge is -2.15. The van der Waals surface area contributed by atoms with Gasteiger partial charge in [0.25, 0.3) is 5.91 Å². The van der Waals surface area contributed by atoms with Crippen molar-refractivity contribution in [3.63, 3.8) is 0 Å². The molecular weight excluding hydrogens is 290 g/mol. The van der Waals surface area contributed by atoms with Crippen molar-refractivity contribution in [2.75, 3.05) is 13.1 Å². The van der Waals surface area contributed by atoms with Crippen molar-refractivity contribution < 1.29 is 9.59 Å². The zero-order valence-corrected chi connectivity index (χ0v) is 13.5. The van der Waals surface area contributed by atoms with Crippen LogP contribution < -0.4 is 16.4 Å². The molecule has 0 heterocycles. The van der Waals surface area contributed by atoms with E-state index in [1.165, 1.54) is 0 Å².